The number of aromatic nitrogens is 1. The molecular weight excluding hydrogens is 246 g/mol. The van der Waals surface area contributed by atoms with E-state index in [1.54, 1.807) is 0 Å². The lowest BCUT2D eigenvalue weighted by Crippen LogP contribution is -2.21. The molecule has 2 N–H and O–H groups in total. The van der Waals surface area contributed by atoms with Crippen molar-refractivity contribution < 1.29 is 0 Å². The summed E-state index contributed by atoms with van der Waals surface area (Å²) in [4.78, 5) is 7.20. The van der Waals surface area contributed by atoms with Gasteiger partial charge in [0.15, 0.2) is 0 Å². The number of aryl methyl sites for hydroxylation is 1. The topological polar surface area (TPSA) is 42.1 Å². The Hall–Kier alpha value is -1.77. The molecular formula is C17H21N3. The smallest absolute Gasteiger partial charge is 0.0727 e. The van der Waals surface area contributed by atoms with E-state index in [0.29, 0.717) is 0 Å². The van der Waals surface area contributed by atoms with Crippen molar-refractivity contribution in [3.8, 4) is 0 Å². The third kappa shape index (κ3) is 1.84. The highest BCUT2D eigenvalue weighted by Gasteiger charge is 2.36. The minimum absolute atomic E-state index is 0.823. The second kappa shape index (κ2) is 4.37. The van der Waals surface area contributed by atoms with Crippen LogP contribution in [0.25, 0.3) is 10.9 Å². The molecule has 1 aromatic heterocycles. The summed E-state index contributed by atoms with van der Waals surface area (Å²) >= 11 is 0. The van der Waals surface area contributed by atoms with Gasteiger partial charge < -0.3 is 10.6 Å². The first kappa shape index (κ1) is 12.0. The van der Waals surface area contributed by atoms with Crippen molar-refractivity contribution in [1.29, 1.82) is 0 Å². The lowest BCUT2D eigenvalue weighted by atomic mass is 10.0. The van der Waals surface area contributed by atoms with Gasteiger partial charge in [0, 0.05) is 35.5 Å². The third-order valence-corrected chi connectivity index (χ3v) is 5.01. The average Bonchev–Trinajstić information content (AvgIpc) is 2.99. The lowest BCUT2D eigenvalue weighted by Gasteiger charge is -2.22. The monoisotopic (exact) mass is 267 g/mol. The molecule has 2 atom stereocenters. The molecule has 104 valence electrons. The molecule has 2 aliphatic rings. The second-order valence-electron chi connectivity index (χ2n) is 6.42. The highest BCUT2D eigenvalue weighted by molar-refractivity contribution is 5.94. The summed E-state index contributed by atoms with van der Waals surface area (Å²) in [5.41, 5.74) is 10.3. The number of nitrogen functional groups attached to an aromatic ring is 1. The van der Waals surface area contributed by atoms with Crippen molar-refractivity contribution in [2.24, 2.45) is 11.8 Å². The Morgan fingerprint density at radius 1 is 1.15 bits per heavy atom. The first-order chi connectivity index (χ1) is 9.70. The predicted molar refractivity (Wildman–Crippen MR) is 83.9 cm³/mol. The molecule has 1 aromatic carbocycles. The van der Waals surface area contributed by atoms with Crippen LogP contribution in [0, 0.1) is 18.8 Å². The van der Waals surface area contributed by atoms with Crippen molar-refractivity contribution in [2.75, 3.05) is 23.7 Å². The van der Waals surface area contributed by atoms with Gasteiger partial charge in [0.05, 0.1) is 5.52 Å². The van der Waals surface area contributed by atoms with Gasteiger partial charge in [-0.15, -0.1) is 0 Å². The third-order valence-electron chi connectivity index (χ3n) is 5.01. The summed E-state index contributed by atoms with van der Waals surface area (Å²) in [6, 6.07) is 8.28. The van der Waals surface area contributed by atoms with E-state index >= 15 is 0 Å². The summed E-state index contributed by atoms with van der Waals surface area (Å²) in [6.07, 6.45) is 4.24. The van der Waals surface area contributed by atoms with Crippen LogP contribution in [0.1, 0.15) is 25.0 Å². The lowest BCUT2D eigenvalue weighted by molar-refractivity contribution is 0.494. The normalized spacial score (nSPS) is 25.4. The average molecular weight is 267 g/mol. The van der Waals surface area contributed by atoms with Crippen LogP contribution in [0.4, 0.5) is 11.4 Å². The first-order valence-electron chi connectivity index (χ1n) is 7.62. The number of hydrogen-bond acceptors (Lipinski definition) is 3. The number of nitrogens with zero attached hydrogens (tertiary/aromatic N) is 2. The molecule has 0 spiro atoms. The van der Waals surface area contributed by atoms with Crippen LogP contribution >= 0.6 is 0 Å². The molecule has 2 heterocycles. The molecule has 1 aliphatic heterocycles. The van der Waals surface area contributed by atoms with E-state index in [-0.39, 0.29) is 0 Å². The van der Waals surface area contributed by atoms with E-state index in [0.717, 1.165) is 28.7 Å². The predicted octanol–water partition coefficient (Wildman–Crippen LogP) is 3.36. The van der Waals surface area contributed by atoms with Gasteiger partial charge in [0.1, 0.15) is 0 Å². The molecule has 3 heteroatoms. The van der Waals surface area contributed by atoms with Crippen molar-refractivity contribution >= 4 is 22.3 Å². The molecule has 3 nitrogen and oxygen atoms in total. The highest BCUT2D eigenvalue weighted by atomic mass is 15.2. The molecule has 2 aromatic rings. The maximum Gasteiger partial charge on any atom is 0.0727 e. The Morgan fingerprint density at radius 2 is 1.90 bits per heavy atom. The van der Waals surface area contributed by atoms with Gasteiger partial charge in [-0.2, -0.15) is 0 Å². The fraction of sp³-hybridized carbons (Fsp3) is 0.471. The van der Waals surface area contributed by atoms with Gasteiger partial charge in [-0.1, -0.05) is 6.42 Å². The minimum Gasteiger partial charge on any atom is -0.399 e. The first-order valence-corrected chi connectivity index (χ1v) is 7.62. The largest absolute Gasteiger partial charge is 0.399 e. The van der Waals surface area contributed by atoms with Gasteiger partial charge in [0.25, 0.3) is 0 Å². The number of rotatable bonds is 1. The van der Waals surface area contributed by atoms with Crippen LogP contribution in [-0.2, 0) is 0 Å². The molecule has 1 saturated heterocycles. The Labute approximate surface area is 119 Å². The maximum absolute atomic E-state index is 5.98. The Bertz CT molecular complexity index is 653. The quantitative estimate of drug-likeness (QED) is 0.806. The van der Waals surface area contributed by atoms with E-state index in [1.165, 1.54) is 43.4 Å². The van der Waals surface area contributed by atoms with Crippen LogP contribution in [-0.4, -0.2) is 18.1 Å². The molecule has 0 radical (unpaired) electrons. The van der Waals surface area contributed by atoms with Crippen LogP contribution in [0.2, 0.25) is 0 Å². The van der Waals surface area contributed by atoms with Crippen molar-refractivity contribution in [3.63, 3.8) is 0 Å². The standard InChI is InChI=1S/C17H21N3/c1-11-7-17(15-8-14(18)5-6-16(15)19-11)20-9-12-3-2-4-13(12)10-20/h5-8,12-13H,2-4,9-10,18H2,1H3. The number of pyridine rings is 1. The zero-order valence-electron chi connectivity index (χ0n) is 12.0. The number of nitrogens with two attached hydrogens (primary N) is 1. The molecule has 20 heavy (non-hydrogen) atoms. The Balaban J connectivity index is 1.80. The summed E-state index contributed by atoms with van der Waals surface area (Å²) in [6.45, 7) is 4.49. The Morgan fingerprint density at radius 3 is 2.65 bits per heavy atom. The maximum atomic E-state index is 5.98. The molecule has 0 amide bonds. The molecule has 2 fully saturated rings. The fourth-order valence-electron chi connectivity index (χ4n) is 4.05. The highest BCUT2D eigenvalue weighted by Crippen LogP contribution is 2.41. The summed E-state index contributed by atoms with van der Waals surface area (Å²) < 4.78 is 0. The Kier molecular flexibility index (Phi) is 2.62. The van der Waals surface area contributed by atoms with Crippen LogP contribution in [0.5, 0.6) is 0 Å². The van der Waals surface area contributed by atoms with Crippen molar-refractivity contribution in [1.82, 2.24) is 4.98 Å². The molecule has 2 unspecified atom stereocenters. The van der Waals surface area contributed by atoms with E-state index in [9.17, 15) is 0 Å². The van der Waals surface area contributed by atoms with Crippen LogP contribution < -0.4 is 10.6 Å². The summed E-state index contributed by atoms with van der Waals surface area (Å²) in [5, 5.41) is 1.20. The van der Waals surface area contributed by atoms with E-state index in [2.05, 4.69) is 28.9 Å². The second-order valence-corrected chi connectivity index (χ2v) is 6.42. The van der Waals surface area contributed by atoms with Crippen molar-refractivity contribution in [2.45, 2.75) is 26.2 Å². The van der Waals surface area contributed by atoms with Gasteiger partial charge >= 0.3 is 0 Å². The minimum atomic E-state index is 0.823. The fourth-order valence-corrected chi connectivity index (χ4v) is 4.05. The zero-order valence-corrected chi connectivity index (χ0v) is 12.0. The van der Waals surface area contributed by atoms with Crippen LogP contribution in [0.15, 0.2) is 24.3 Å². The van der Waals surface area contributed by atoms with Gasteiger partial charge in [-0.3, -0.25) is 4.98 Å². The van der Waals surface area contributed by atoms with Gasteiger partial charge in [-0.25, -0.2) is 0 Å². The summed E-state index contributed by atoms with van der Waals surface area (Å²) in [5.74, 6) is 1.80. The number of fused-ring (bicyclic) bond motifs is 2. The SMILES string of the molecule is Cc1cc(N2CC3CCCC3C2)c2cc(N)ccc2n1. The molecule has 1 aliphatic carbocycles. The summed E-state index contributed by atoms with van der Waals surface area (Å²) in [7, 11) is 0. The van der Waals surface area contributed by atoms with Crippen molar-refractivity contribution in [3.05, 3.63) is 30.0 Å². The number of hydrogen-bond donors (Lipinski definition) is 1. The number of benzene rings is 1. The van der Waals surface area contributed by atoms with Gasteiger partial charge in [-0.05, 0) is 55.9 Å². The molecule has 0 bridgehead atoms. The van der Waals surface area contributed by atoms with Crippen LogP contribution in [0.3, 0.4) is 0 Å². The van der Waals surface area contributed by atoms with E-state index in [4.69, 9.17) is 5.73 Å². The van der Waals surface area contributed by atoms with Gasteiger partial charge in [0.2, 0.25) is 0 Å². The molecule has 1 saturated carbocycles. The number of anilines is 2. The molecule has 4 rings (SSSR count). The van der Waals surface area contributed by atoms with E-state index in [1.807, 2.05) is 12.1 Å². The zero-order chi connectivity index (χ0) is 13.7. The van der Waals surface area contributed by atoms with E-state index < -0.39 is 0 Å².